The average Bonchev–Trinajstić information content (AvgIpc) is 2.68. The molecule has 0 heterocycles. The second-order valence-corrected chi connectivity index (χ2v) is 6.11. The van der Waals surface area contributed by atoms with E-state index in [0.29, 0.717) is 13.0 Å². The zero-order chi connectivity index (χ0) is 19.5. The number of rotatable bonds is 10. The predicted octanol–water partition coefficient (Wildman–Crippen LogP) is 4.04. The van der Waals surface area contributed by atoms with Crippen LogP contribution in [0, 0.1) is 6.92 Å². The van der Waals surface area contributed by atoms with Gasteiger partial charge in [0.15, 0.2) is 0 Å². The van der Waals surface area contributed by atoms with Crippen LogP contribution in [0.1, 0.15) is 29.5 Å². The van der Waals surface area contributed by atoms with Gasteiger partial charge in [-0.25, -0.2) is 5.43 Å². The largest absolute Gasteiger partial charge is 0.497 e. The van der Waals surface area contributed by atoms with Gasteiger partial charge in [0, 0.05) is 6.42 Å². The van der Waals surface area contributed by atoms with E-state index in [1.807, 2.05) is 42.5 Å². The van der Waals surface area contributed by atoms with Crippen molar-refractivity contribution in [3.63, 3.8) is 0 Å². The summed E-state index contributed by atoms with van der Waals surface area (Å²) in [4.78, 5) is 11.9. The van der Waals surface area contributed by atoms with Crippen molar-refractivity contribution in [2.24, 2.45) is 5.10 Å². The zero-order valence-corrected chi connectivity index (χ0v) is 15.9. The monoisotopic (exact) mass is 366 g/mol. The van der Waals surface area contributed by atoms with Gasteiger partial charge < -0.3 is 9.47 Å². The first-order valence-electron chi connectivity index (χ1n) is 8.91. The highest BCUT2D eigenvalue weighted by atomic mass is 16.5. The number of benzene rings is 2. The Bertz CT molecular complexity index is 783. The maximum absolute atomic E-state index is 11.9. The fourth-order valence-corrected chi connectivity index (χ4v) is 2.56. The zero-order valence-electron chi connectivity index (χ0n) is 15.9. The maximum Gasteiger partial charge on any atom is 0.240 e. The summed E-state index contributed by atoms with van der Waals surface area (Å²) in [5.41, 5.74) is 5.85. The van der Waals surface area contributed by atoms with Gasteiger partial charge in [-0.15, -0.1) is 0 Å². The minimum Gasteiger partial charge on any atom is -0.497 e. The Labute approximate surface area is 160 Å². The van der Waals surface area contributed by atoms with Crippen LogP contribution in [0.15, 0.2) is 60.2 Å². The van der Waals surface area contributed by atoms with E-state index in [1.54, 1.807) is 19.4 Å². The Morgan fingerprint density at radius 1 is 1.19 bits per heavy atom. The van der Waals surface area contributed by atoms with Crippen LogP contribution < -0.4 is 14.9 Å². The third-order valence-corrected chi connectivity index (χ3v) is 4.05. The number of hydrazone groups is 1. The minimum atomic E-state index is -0.0941. The molecule has 0 atom stereocenters. The molecule has 2 aromatic carbocycles. The van der Waals surface area contributed by atoms with Gasteiger partial charge in [0.25, 0.3) is 0 Å². The quantitative estimate of drug-likeness (QED) is 0.392. The van der Waals surface area contributed by atoms with Crippen LogP contribution in [-0.2, 0) is 11.2 Å². The molecule has 5 nitrogen and oxygen atoms in total. The molecule has 0 aliphatic carbocycles. The molecule has 2 aromatic rings. The highest BCUT2D eigenvalue weighted by Crippen LogP contribution is 2.18. The lowest BCUT2D eigenvalue weighted by atomic mass is 10.0. The summed E-state index contributed by atoms with van der Waals surface area (Å²) in [5.74, 6) is 1.52. The second-order valence-electron chi connectivity index (χ2n) is 6.11. The first-order valence-corrected chi connectivity index (χ1v) is 8.91. The Hall–Kier alpha value is -3.08. The number of aryl methyl sites for hydroxylation is 2. The number of methoxy groups -OCH3 is 1. The third kappa shape index (κ3) is 6.98. The predicted molar refractivity (Wildman–Crippen MR) is 109 cm³/mol. The number of hydrogen-bond acceptors (Lipinski definition) is 4. The fourth-order valence-electron chi connectivity index (χ4n) is 2.56. The molecule has 1 N–H and O–H groups in total. The molecule has 0 fully saturated rings. The van der Waals surface area contributed by atoms with Crippen LogP contribution in [-0.4, -0.2) is 25.8 Å². The maximum atomic E-state index is 11.9. The lowest BCUT2D eigenvalue weighted by molar-refractivity contribution is -0.121. The van der Waals surface area contributed by atoms with Gasteiger partial charge in [0.05, 0.1) is 13.3 Å². The molecule has 0 saturated carbocycles. The summed E-state index contributed by atoms with van der Waals surface area (Å²) >= 11 is 0. The topological polar surface area (TPSA) is 59.9 Å². The van der Waals surface area contributed by atoms with E-state index in [1.165, 1.54) is 11.1 Å². The molecule has 0 spiro atoms. The lowest BCUT2D eigenvalue weighted by Crippen LogP contribution is -2.17. The number of nitrogens with one attached hydrogen (secondary N) is 1. The molecular formula is C22H26N2O3. The van der Waals surface area contributed by atoms with Gasteiger partial charge in [-0.3, -0.25) is 4.79 Å². The van der Waals surface area contributed by atoms with Crippen LogP contribution >= 0.6 is 0 Å². The standard InChI is InChI=1S/C22H26N2O3/c1-4-14-27-20-11-8-18(9-12-20)16-23-24-22(25)7-5-6-19-10-13-21(26-3)15-17(19)2/h4,8-13,15-16H,1,5-7,14H2,2-3H3,(H,24,25)/b23-16-. The van der Waals surface area contributed by atoms with Crippen LogP contribution in [0.25, 0.3) is 0 Å². The van der Waals surface area contributed by atoms with Crippen LogP contribution in [0.5, 0.6) is 11.5 Å². The Morgan fingerprint density at radius 2 is 1.93 bits per heavy atom. The smallest absolute Gasteiger partial charge is 0.240 e. The molecule has 0 aliphatic rings. The third-order valence-electron chi connectivity index (χ3n) is 4.05. The molecule has 27 heavy (non-hydrogen) atoms. The van der Waals surface area contributed by atoms with Crippen molar-refractivity contribution in [3.05, 3.63) is 71.8 Å². The van der Waals surface area contributed by atoms with Gasteiger partial charge in [-0.05, 0) is 72.9 Å². The molecule has 0 unspecified atom stereocenters. The molecule has 142 valence electrons. The van der Waals surface area contributed by atoms with Crippen molar-refractivity contribution < 1.29 is 14.3 Å². The van der Waals surface area contributed by atoms with E-state index in [4.69, 9.17) is 9.47 Å². The number of carbonyl (C=O) groups is 1. The Kier molecular flexibility index (Phi) is 8.10. The summed E-state index contributed by atoms with van der Waals surface area (Å²) in [6, 6.07) is 13.5. The summed E-state index contributed by atoms with van der Waals surface area (Å²) in [6.45, 7) is 6.13. The molecule has 0 aromatic heterocycles. The summed E-state index contributed by atoms with van der Waals surface area (Å²) in [5, 5.41) is 4.00. The number of ether oxygens (including phenoxy) is 2. The lowest BCUT2D eigenvalue weighted by Gasteiger charge is -2.07. The molecule has 0 aliphatic heterocycles. The van der Waals surface area contributed by atoms with Crippen molar-refractivity contribution in [1.29, 1.82) is 0 Å². The SMILES string of the molecule is C=CCOc1ccc(/C=N\NC(=O)CCCc2ccc(OC)cc2C)cc1. The first kappa shape index (κ1) is 20.2. The van der Waals surface area contributed by atoms with E-state index < -0.39 is 0 Å². The van der Waals surface area contributed by atoms with E-state index in [-0.39, 0.29) is 5.91 Å². The highest BCUT2D eigenvalue weighted by Gasteiger charge is 2.04. The molecule has 5 heteroatoms. The van der Waals surface area contributed by atoms with Gasteiger partial charge in [0.2, 0.25) is 5.91 Å². The number of hydrogen-bond donors (Lipinski definition) is 1. The van der Waals surface area contributed by atoms with Crippen LogP contribution in [0.3, 0.4) is 0 Å². The van der Waals surface area contributed by atoms with Gasteiger partial charge in [0.1, 0.15) is 18.1 Å². The molecule has 1 amide bonds. The van der Waals surface area contributed by atoms with Gasteiger partial charge >= 0.3 is 0 Å². The fraction of sp³-hybridized carbons (Fsp3) is 0.273. The van der Waals surface area contributed by atoms with E-state index in [2.05, 4.69) is 24.0 Å². The van der Waals surface area contributed by atoms with E-state index in [0.717, 1.165) is 29.9 Å². The number of carbonyl (C=O) groups excluding carboxylic acids is 1. The number of nitrogens with zero attached hydrogens (tertiary/aromatic N) is 1. The summed E-state index contributed by atoms with van der Waals surface area (Å²) < 4.78 is 10.6. The molecule has 0 bridgehead atoms. The van der Waals surface area contributed by atoms with E-state index >= 15 is 0 Å². The molecule has 0 saturated heterocycles. The molecule has 0 radical (unpaired) electrons. The minimum absolute atomic E-state index is 0.0941. The Morgan fingerprint density at radius 3 is 2.59 bits per heavy atom. The van der Waals surface area contributed by atoms with Crippen molar-refractivity contribution in [1.82, 2.24) is 5.43 Å². The highest BCUT2D eigenvalue weighted by molar-refractivity contribution is 5.82. The van der Waals surface area contributed by atoms with Crippen molar-refractivity contribution >= 4 is 12.1 Å². The summed E-state index contributed by atoms with van der Waals surface area (Å²) in [6.07, 6.45) is 5.35. The van der Waals surface area contributed by atoms with Gasteiger partial charge in [-0.2, -0.15) is 5.10 Å². The van der Waals surface area contributed by atoms with Crippen molar-refractivity contribution in [3.8, 4) is 11.5 Å². The Balaban J connectivity index is 1.72. The first-order chi connectivity index (χ1) is 13.1. The van der Waals surface area contributed by atoms with Crippen molar-refractivity contribution in [2.45, 2.75) is 26.2 Å². The van der Waals surface area contributed by atoms with Crippen LogP contribution in [0.4, 0.5) is 0 Å². The van der Waals surface area contributed by atoms with Crippen molar-refractivity contribution in [2.75, 3.05) is 13.7 Å². The average molecular weight is 366 g/mol. The summed E-state index contributed by atoms with van der Waals surface area (Å²) in [7, 11) is 1.66. The number of amides is 1. The normalized spacial score (nSPS) is 10.6. The molecule has 2 rings (SSSR count). The second kappa shape index (κ2) is 10.8. The molecular weight excluding hydrogens is 340 g/mol. The van der Waals surface area contributed by atoms with Gasteiger partial charge in [-0.1, -0.05) is 18.7 Å². The van der Waals surface area contributed by atoms with Crippen LogP contribution in [0.2, 0.25) is 0 Å². The van der Waals surface area contributed by atoms with E-state index in [9.17, 15) is 4.79 Å².